The summed E-state index contributed by atoms with van der Waals surface area (Å²) >= 11 is 5.93. The van der Waals surface area contributed by atoms with Gasteiger partial charge in [0.05, 0.1) is 0 Å². The highest BCUT2D eigenvalue weighted by atomic mass is 35.5. The van der Waals surface area contributed by atoms with E-state index in [1.807, 2.05) is 36.2 Å². The molecule has 0 saturated heterocycles. The largest absolute Gasteiger partial charge is 0.342 e. The Balaban J connectivity index is 2.47. The van der Waals surface area contributed by atoms with Crippen LogP contribution in [0.4, 0.5) is 0 Å². The zero-order chi connectivity index (χ0) is 16.5. The van der Waals surface area contributed by atoms with Crippen molar-refractivity contribution in [3.8, 4) is 0 Å². The number of likely N-dealkylation sites (N-methyl/N-ethyl adjacent to an activating group) is 1. The van der Waals surface area contributed by atoms with Crippen LogP contribution in [0.15, 0.2) is 24.3 Å². The normalized spacial score (nSPS) is 13.7. The molecule has 0 aliphatic carbocycles. The Labute approximate surface area is 139 Å². The summed E-state index contributed by atoms with van der Waals surface area (Å²) in [6.07, 6.45) is 4.82. The van der Waals surface area contributed by atoms with Crippen molar-refractivity contribution in [2.45, 2.75) is 57.9 Å². The standard InChI is InChI=1S/C18H29ClN2O/c1-14(16-9-11-17(19)12-10-16)15(2)21(3)18(22)8-6-4-5-7-13-20/h9-12,14-15H,4-8,13,20H2,1-3H3. The number of rotatable bonds is 9. The number of halogens is 1. The third kappa shape index (κ3) is 5.98. The fraction of sp³-hybridized carbons (Fsp3) is 0.611. The molecule has 0 heterocycles. The van der Waals surface area contributed by atoms with Crippen molar-refractivity contribution in [1.82, 2.24) is 4.90 Å². The van der Waals surface area contributed by atoms with E-state index in [0.717, 1.165) is 37.3 Å². The molecule has 0 saturated carbocycles. The van der Waals surface area contributed by atoms with Gasteiger partial charge in [-0.2, -0.15) is 0 Å². The molecule has 124 valence electrons. The van der Waals surface area contributed by atoms with Gasteiger partial charge in [-0.15, -0.1) is 0 Å². The molecule has 0 aromatic heterocycles. The van der Waals surface area contributed by atoms with Crippen molar-refractivity contribution >= 4 is 17.5 Å². The Kier molecular flexibility index (Phi) is 8.51. The molecule has 0 bridgehead atoms. The molecule has 1 aromatic rings. The van der Waals surface area contributed by atoms with Gasteiger partial charge in [-0.05, 0) is 44.0 Å². The first kappa shape index (κ1) is 19.0. The topological polar surface area (TPSA) is 46.3 Å². The summed E-state index contributed by atoms with van der Waals surface area (Å²) in [5.74, 6) is 0.504. The Morgan fingerprint density at radius 2 is 1.73 bits per heavy atom. The van der Waals surface area contributed by atoms with Crippen LogP contribution in [0, 0.1) is 0 Å². The smallest absolute Gasteiger partial charge is 0.222 e. The van der Waals surface area contributed by atoms with Gasteiger partial charge in [0.2, 0.25) is 5.91 Å². The van der Waals surface area contributed by atoms with Crippen LogP contribution in [-0.4, -0.2) is 30.4 Å². The highest BCUT2D eigenvalue weighted by molar-refractivity contribution is 6.30. The molecule has 4 heteroatoms. The minimum absolute atomic E-state index is 0.165. The van der Waals surface area contributed by atoms with E-state index in [1.165, 1.54) is 5.56 Å². The number of nitrogens with zero attached hydrogens (tertiary/aromatic N) is 1. The Morgan fingerprint density at radius 1 is 1.14 bits per heavy atom. The third-order valence-corrected chi connectivity index (χ3v) is 4.72. The fourth-order valence-corrected chi connectivity index (χ4v) is 2.68. The van der Waals surface area contributed by atoms with Gasteiger partial charge in [0.25, 0.3) is 0 Å². The van der Waals surface area contributed by atoms with Crippen molar-refractivity contribution in [3.63, 3.8) is 0 Å². The number of amides is 1. The minimum atomic E-state index is 0.165. The molecule has 0 radical (unpaired) electrons. The summed E-state index contributed by atoms with van der Waals surface area (Å²) in [5.41, 5.74) is 6.68. The minimum Gasteiger partial charge on any atom is -0.342 e. The van der Waals surface area contributed by atoms with Gasteiger partial charge in [-0.3, -0.25) is 4.79 Å². The van der Waals surface area contributed by atoms with Crippen molar-refractivity contribution in [2.24, 2.45) is 5.73 Å². The molecule has 2 N–H and O–H groups in total. The number of unbranched alkanes of at least 4 members (excludes halogenated alkanes) is 3. The predicted octanol–water partition coefficient (Wildman–Crippen LogP) is 4.20. The fourth-order valence-electron chi connectivity index (χ4n) is 2.56. The zero-order valence-corrected chi connectivity index (χ0v) is 14.8. The molecular weight excluding hydrogens is 296 g/mol. The van der Waals surface area contributed by atoms with Gasteiger partial charge >= 0.3 is 0 Å². The molecule has 2 atom stereocenters. The second-order valence-corrected chi connectivity index (χ2v) is 6.47. The predicted molar refractivity (Wildman–Crippen MR) is 94.2 cm³/mol. The first-order chi connectivity index (χ1) is 10.5. The first-order valence-electron chi connectivity index (χ1n) is 8.18. The molecule has 0 spiro atoms. The summed E-state index contributed by atoms with van der Waals surface area (Å²) in [5, 5.41) is 0.741. The quantitative estimate of drug-likeness (QED) is 0.692. The zero-order valence-electron chi connectivity index (χ0n) is 14.0. The van der Waals surface area contributed by atoms with Gasteiger partial charge in [-0.25, -0.2) is 0 Å². The van der Waals surface area contributed by atoms with E-state index < -0.39 is 0 Å². The Hall–Kier alpha value is -1.06. The van der Waals surface area contributed by atoms with Crippen LogP contribution < -0.4 is 5.73 Å². The van der Waals surface area contributed by atoms with Crippen molar-refractivity contribution < 1.29 is 4.79 Å². The van der Waals surface area contributed by atoms with E-state index in [0.29, 0.717) is 6.42 Å². The second-order valence-electron chi connectivity index (χ2n) is 6.04. The van der Waals surface area contributed by atoms with Crippen LogP contribution in [-0.2, 0) is 4.79 Å². The first-order valence-corrected chi connectivity index (χ1v) is 8.56. The highest BCUT2D eigenvalue weighted by Gasteiger charge is 2.22. The Bertz CT molecular complexity index is 447. The van der Waals surface area contributed by atoms with E-state index in [4.69, 9.17) is 17.3 Å². The maximum Gasteiger partial charge on any atom is 0.222 e. The number of benzene rings is 1. The second kappa shape index (κ2) is 9.86. The van der Waals surface area contributed by atoms with Gasteiger partial charge in [0, 0.05) is 30.5 Å². The summed E-state index contributed by atoms with van der Waals surface area (Å²) in [6.45, 7) is 4.99. The number of hydrogen-bond donors (Lipinski definition) is 1. The van der Waals surface area contributed by atoms with Crippen LogP contribution in [0.3, 0.4) is 0 Å². The van der Waals surface area contributed by atoms with Crippen molar-refractivity contribution in [3.05, 3.63) is 34.9 Å². The van der Waals surface area contributed by atoms with Gasteiger partial charge in [0.15, 0.2) is 0 Å². The van der Waals surface area contributed by atoms with Gasteiger partial charge < -0.3 is 10.6 Å². The van der Waals surface area contributed by atoms with E-state index >= 15 is 0 Å². The lowest BCUT2D eigenvalue weighted by atomic mass is 9.93. The molecule has 0 fully saturated rings. The molecule has 3 nitrogen and oxygen atoms in total. The van der Waals surface area contributed by atoms with Crippen LogP contribution >= 0.6 is 11.6 Å². The molecule has 0 aliphatic rings. The van der Waals surface area contributed by atoms with E-state index in [2.05, 4.69) is 13.8 Å². The van der Waals surface area contributed by atoms with Gasteiger partial charge in [-0.1, -0.05) is 43.5 Å². The summed E-state index contributed by atoms with van der Waals surface area (Å²) in [6, 6.07) is 8.04. The number of hydrogen-bond acceptors (Lipinski definition) is 2. The number of carbonyl (C=O) groups excluding carboxylic acids is 1. The number of carbonyl (C=O) groups is 1. The molecule has 0 aliphatic heterocycles. The van der Waals surface area contributed by atoms with Crippen LogP contribution in [0.25, 0.3) is 0 Å². The lowest BCUT2D eigenvalue weighted by molar-refractivity contribution is -0.132. The van der Waals surface area contributed by atoms with Crippen LogP contribution in [0.2, 0.25) is 5.02 Å². The Morgan fingerprint density at radius 3 is 2.32 bits per heavy atom. The molecular formula is C18H29ClN2O. The number of nitrogens with two attached hydrogens (primary N) is 1. The molecule has 1 rings (SSSR count). The molecule has 1 aromatic carbocycles. The molecule has 1 amide bonds. The van der Waals surface area contributed by atoms with E-state index in [9.17, 15) is 4.79 Å². The molecule has 2 unspecified atom stereocenters. The maximum atomic E-state index is 12.3. The van der Waals surface area contributed by atoms with Crippen LogP contribution in [0.1, 0.15) is 57.4 Å². The van der Waals surface area contributed by atoms with E-state index in [-0.39, 0.29) is 17.9 Å². The lowest BCUT2D eigenvalue weighted by Crippen LogP contribution is -2.38. The summed E-state index contributed by atoms with van der Waals surface area (Å²) < 4.78 is 0. The monoisotopic (exact) mass is 324 g/mol. The SMILES string of the molecule is CC(c1ccc(Cl)cc1)C(C)N(C)C(=O)CCCCCCN. The summed E-state index contributed by atoms with van der Waals surface area (Å²) in [7, 11) is 1.90. The van der Waals surface area contributed by atoms with Crippen LogP contribution in [0.5, 0.6) is 0 Å². The van der Waals surface area contributed by atoms with Gasteiger partial charge in [0.1, 0.15) is 0 Å². The van der Waals surface area contributed by atoms with Crippen molar-refractivity contribution in [2.75, 3.05) is 13.6 Å². The average Bonchev–Trinajstić information content (AvgIpc) is 2.53. The molecule has 22 heavy (non-hydrogen) atoms. The summed E-state index contributed by atoms with van der Waals surface area (Å²) in [4.78, 5) is 14.2. The van der Waals surface area contributed by atoms with Crippen molar-refractivity contribution in [1.29, 1.82) is 0 Å². The highest BCUT2D eigenvalue weighted by Crippen LogP contribution is 2.24. The lowest BCUT2D eigenvalue weighted by Gasteiger charge is -2.30. The maximum absolute atomic E-state index is 12.3. The van der Waals surface area contributed by atoms with E-state index in [1.54, 1.807) is 0 Å². The average molecular weight is 325 g/mol. The third-order valence-electron chi connectivity index (χ3n) is 4.47.